The molecule has 0 spiro atoms. The van der Waals surface area contributed by atoms with Crippen molar-refractivity contribution >= 4 is 17.3 Å². The number of carboxylic acids is 1. The van der Waals surface area contributed by atoms with Gasteiger partial charge in [-0.2, -0.15) is 0 Å². The van der Waals surface area contributed by atoms with E-state index in [1.807, 2.05) is 43.3 Å². The summed E-state index contributed by atoms with van der Waals surface area (Å²) in [5, 5.41) is 12.1. The van der Waals surface area contributed by atoms with Gasteiger partial charge in [-0.15, -0.1) is 0 Å². The molecule has 2 aromatic rings. The van der Waals surface area contributed by atoms with Crippen LogP contribution in [0.4, 0.5) is 15.8 Å². The van der Waals surface area contributed by atoms with Gasteiger partial charge < -0.3 is 15.3 Å². The minimum Gasteiger partial charge on any atom is -0.478 e. The van der Waals surface area contributed by atoms with Crippen molar-refractivity contribution in [1.82, 2.24) is 0 Å². The first-order chi connectivity index (χ1) is 9.99. The standard InChI is InChI=1S/C16H17FN2O2/c1-19(2)15-6-4-3-5-14(15)18-10-12-9-11(16(20)21)7-8-13(12)17/h3-9,18H,10H2,1-2H3,(H,20,21). The van der Waals surface area contributed by atoms with Gasteiger partial charge >= 0.3 is 5.97 Å². The van der Waals surface area contributed by atoms with E-state index in [4.69, 9.17) is 5.11 Å². The van der Waals surface area contributed by atoms with Crippen LogP contribution in [0, 0.1) is 5.82 Å². The maximum absolute atomic E-state index is 13.8. The fourth-order valence-electron chi connectivity index (χ4n) is 2.05. The highest BCUT2D eigenvalue weighted by atomic mass is 19.1. The minimum atomic E-state index is -1.06. The fraction of sp³-hybridized carbons (Fsp3) is 0.188. The number of carbonyl (C=O) groups is 1. The number of nitrogens with one attached hydrogen (secondary N) is 1. The fourth-order valence-corrected chi connectivity index (χ4v) is 2.05. The molecule has 0 saturated carbocycles. The van der Waals surface area contributed by atoms with E-state index in [9.17, 15) is 9.18 Å². The van der Waals surface area contributed by atoms with E-state index in [0.717, 1.165) is 11.4 Å². The summed E-state index contributed by atoms with van der Waals surface area (Å²) in [7, 11) is 3.85. The summed E-state index contributed by atoms with van der Waals surface area (Å²) in [6.45, 7) is 0.220. The first-order valence-corrected chi connectivity index (χ1v) is 6.51. The molecule has 21 heavy (non-hydrogen) atoms. The Labute approximate surface area is 122 Å². The Morgan fingerprint density at radius 3 is 2.62 bits per heavy atom. The Hall–Kier alpha value is -2.56. The summed E-state index contributed by atoms with van der Waals surface area (Å²) < 4.78 is 13.8. The molecule has 0 aliphatic heterocycles. The molecule has 0 radical (unpaired) electrons. The van der Waals surface area contributed by atoms with Gasteiger partial charge in [-0.05, 0) is 30.3 Å². The molecule has 5 heteroatoms. The zero-order valence-corrected chi connectivity index (χ0v) is 11.9. The molecule has 2 N–H and O–H groups in total. The SMILES string of the molecule is CN(C)c1ccccc1NCc1cc(C(=O)O)ccc1F. The summed E-state index contributed by atoms with van der Waals surface area (Å²) in [5.74, 6) is -1.49. The number of carboxylic acid groups (broad SMARTS) is 1. The van der Waals surface area contributed by atoms with Crippen molar-refractivity contribution < 1.29 is 14.3 Å². The Kier molecular flexibility index (Phi) is 4.42. The molecule has 0 fully saturated rings. The number of rotatable bonds is 5. The van der Waals surface area contributed by atoms with Crippen molar-refractivity contribution in [2.75, 3.05) is 24.3 Å². The van der Waals surface area contributed by atoms with Crippen molar-refractivity contribution in [3.63, 3.8) is 0 Å². The number of aromatic carboxylic acids is 1. The molecular formula is C16H17FN2O2. The van der Waals surface area contributed by atoms with Crippen molar-refractivity contribution in [2.45, 2.75) is 6.54 Å². The highest BCUT2D eigenvalue weighted by Crippen LogP contribution is 2.24. The van der Waals surface area contributed by atoms with Gasteiger partial charge in [0.25, 0.3) is 0 Å². The van der Waals surface area contributed by atoms with Gasteiger partial charge in [0, 0.05) is 26.2 Å². The van der Waals surface area contributed by atoms with Crippen LogP contribution in [0.5, 0.6) is 0 Å². The third kappa shape index (κ3) is 3.51. The molecule has 0 saturated heterocycles. The van der Waals surface area contributed by atoms with Crippen LogP contribution in [0.25, 0.3) is 0 Å². The highest BCUT2D eigenvalue weighted by Gasteiger charge is 2.09. The lowest BCUT2D eigenvalue weighted by Crippen LogP contribution is -2.12. The third-order valence-corrected chi connectivity index (χ3v) is 3.15. The lowest BCUT2D eigenvalue weighted by molar-refractivity contribution is 0.0696. The zero-order valence-electron chi connectivity index (χ0n) is 11.9. The van der Waals surface area contributed by atoms with Gasteiger partial charge in [0.15, 0.2) is 0 Å². The number of nitrogens with zero attached hydrogens (tertiary/aromatic N) is 1. The molecule has 110 valence electrons. The molecular weight excluding hydrogens is 271 g/mol. The molecule has 0 aromatic heterocycles. The Morgan fingerprint density at radius 2 is 1.95 bits per heavy atom. The average Bonchev–Trinajstić information content (AvgIpc) is 2.46. The van der Waals surface area contributed by atoms with Crippen LogP contribution in [0.1, 0.15) is 15.9 Å². The van der Waals surface area contributed by atoms with Gasteiger partial charge in [-0.3, -0.25) is 0 Å². The molecule has 0 unspecified atom stereocenters. The number of hydrogen-bond donors (Lipinski definition) is 2. The molecule has 0 amide bonds. The van der Waals surface area contributed by atoms with Crippen LogP contribution < -0.4 is 10.2 Å². The molecule has 4 nitrogen and oxygen atoms in total. The molecule has 0 heterocycles. The van der Waals surface area contributed by atoms with Crippen LogP contribution in [-0.4, -0.2) is 25.2 Å². The Bertz CT molecular complexity index is 656. The summed E-state index contributed by atoms with van der Waals surface area (Å²) in [5.41, 5.74) is 2.24. The van der Waals surface area contributed by atoms with Crippen molar-refractivity contribution in [3.8, 4) is 0 Å². The van der Waals surface area contributed by atoms with Gasteiger partial charge in [-0.1, -0.05) is 12.1 Å². The van der Waals surface area contributed by atoms with E-state index >= 15 is 0 Å². The first-order valence-electron chi connectivity index (χ1n) is 6.51. The molecule has 0 aliphatic rings. The van der Waals surface area contributed by atoms with E-state index in [0.29, 0.717) is 5.56 Å². The van der Waals surface area contributed by atoms with Gasteiger partial charge in [-0.25, -0.2) is 9.18 Å². The minimum absolute atomic E-state index is 0.0779. The Morgan fingerprint density at radius 1 is 1.24 bits per heavy atom. The van der Waals surface area contributed by atoms with Gasteiger partial charge in [0.1, 0.15) is 5.82 Å². The lowest BCUT2D eigenvalue weighted by Gasteiger charge is -2.18. The molecule has 2 rings (SSSR count). The average molecular weight is 288 g/mol. The quantitative estimate of drug-likeness (QED) is 0.887. The maximum Gasteiger partial charge on any atom is 0.335 e. The Balaban J connectivity index is 2.20. The monoisotopic (exact) mass is 288 g/mol. The second kappa shape index (κ2) is 6.26. The number of halogens is 1. The van der Waals surface area contributed by atoms with E-state index in [2.05, 4.69) is 5.32 Å². The predicted octanol–water partition coefficient (Wildman–Crippen LogP) is 3.20. The maximum atomic E-state index is 13.8. The first kappa shape index (κ1) is 14.8. The smallest absolute Gasteiger partial charge is 0.335 e. The topological polar surface area (TPSA) is 52.6 Å². The third-order valence-electron chi connectivity index (χ3n) is 3.15. The number of hydrogen-bond acceptors (Lipinski definition) is 3. The summed E-state index contributed by atoms with van der Waals surface area (Å²) in [4.78, 5) is 12.9. The summed E-state index contributed by atoms with van der Waals surface area (Å²) in [6.07, 6.45) is 0. The second-order valence-corrected chi connectivity index (χ2v) is 4.88. The van der Waals surface area contributed by atoms with E-state index < -0.39 is 11.8 Å². The second-order valence-electron chi connectivity index (χ2n) is 4.88. The van der Waals surface area contributed by atoms with E-state index in [-0.39, 0.29) is 12.1 Å². The predicted molar refractivity (Wildman–Crippen MR) is 81.5 cm³/mol. The molecule has 2 aromatic carbocycles. The van der Waals surface area contributed by atoms with Gasteiger partial charge in [0.2, 0.25) is 0 Å². The van der Waals surface area contributed by atoms with E-state index in [1.54, 1.807) is 0 Å². The van der Waals surface area contributed by atoms with Crippen molar-refractivity contribution in [1.29, 1.82) is 0 Å². The summed E-state index contributed by atoms with van der Waals surface area (Å²) >= 11 is 0. The number of anilines is 2. The molecule has 0 atom stereocenters. The normalized spacial score (nSPS) is 10.2. The van der Waals surface area contributed by atoms with Gasteiger partial charge in [0.05, 0.1) is 16.9 Å². The molecule has 0 aliphatic carbocycles. The summed E-state index contributed by atoms with van der Waals surface area (Å²) in [6, 6.07) is 11.4. The number of benzene rings is 2. The largest absolute Gasteiger partial charge is 0.478 e. The lowest BCUT2D eigenvalue weighted by atomic mass is 10.1. The van der Waals surface area contributed by atoms with E-state index in [1.165, 1.54) is 18.2 Å². The van der Waals surface area contributed by atoms with Crippen LogP contribution in [-0.2, 0) is 6.54 Å². The van der Waals surface area contributed by atoms with Crippen LogP contribution in [0.3, 0.4) is 0 Å². The molecule has 0 bridgehead atoms. The van der Waals surface area contributed by atoms with Crippen LogP contribution in [0.15, 0.2) is 42.5 Å². The number of para-hydroxylation sites is 2. The van der Waals surface area contributed by atoms with Crippen LogP contribution >= 0.6 is 0 Å². The van der Waals surface area contributed by atoms with Crippen molar-refractivity contribution in [3.05, 3.63) is 59.4 Å². The van der Waals surface area contributed by atoms with Crippen molar-refractivity contribution in [2.24, 2.45) is 0 Å². The highest BCUT2D eigenvalue weighted by molar-refractivity contribution is 5.87. The van der Waals surface area contributed by atoms with Crippen LogP contribution in [0.2, 0.25) is 0 Å². The zero-order chi connectivity index (χ0) is 15.4.